The van der Waals surface area contributed by atoms with E-state index in [4.69, 9.17) is 0 Å². The summed E-state index contributed by atoms with van der Waals surface area (Å²) in [5.41, 5.74) is 0. The molecule has 5 nitrogen and oxygen atoms in total. The molecule has 0 heterocycles. The summed E-state index contributed by atoms with van der Waals surface area (Å²) in [6.07, 6.45) is 54.8. The lowest BCUT2D eigenvalue weighted by Gasteiger charge is -2.23. The molecule has 0 aromatic heterocycles. The van der Waals surface area contributed by atoms with Crippen molar-refractivity contribution in [3.63, 3.8) is 0 Å². The largest absolute Gasteiger partial charge is 0.393 e. The topological polar surface area (TPSA) is 60.9 Å². The van der Waals surface area contributed by atoms with Crippen LogP contribution in [0.3, 0.4) is 0 Å². The lowest BCUT2D eigenvalue weighted by molar-refractivity contribution is -0.132. The predicted octanol–water partition coefficient (Wildman–Crippen LogP) is 17.6. The summed E-state index contributed by atoms with van der Waals surface area (Å²) in [6.45, 7) is 12.9. The Labute approximate surface area is 383 Å². The second-order valence-electron chi connectivity index (χ2n) is 19.6. The molecule has 0 aromatic rings. The fourth-order valence-corrected chi connectivity index (χ4v) is 9.13. The average Bonchev–Trinajstić information content (AvgIpc) is 3.26. The molecule has 0 aromatic carbocycles. The van der Waals surface area contributed by atoms with Crippen LogP contribution in [0.1, 0.15) is 317 Å². The van der Waals surface area contributed by atoms with Crippen molar-refractivity contribution in [3.8, 4) is 0 Å². The highest BCUT2D eigenvalue weighted by molar-refractivity contribution is 5.76. The van der Waals surface area contributed by atoms with Gasteiger partial charge in [0, 0.05) is 39.0 Å². The number of carbonyl (C=O) groups excluding carboxylic acids is 2. The van der Waals surface area contributed by atoms with E-state index in [2.05, 4.69) is 37.5 Å². The highest BCUT2D eigenvalue weighted by atomic mass is 16.3. The first-order chi connectivity index (χ1) is 30.0. The molecule has 0 spiro atoms. The predicted molar refractivity (Wildman–Crippen MR) is 270 cm³/mol. The van der Waals surface area contributed by atoms with E-state index < -0.39 is 0 Å². The van der Waals surface area contributed by atoms with Crippen molar-refractivity contribution in [2.24, 2.45) is 0 Å². The van der Waals surface area contributed by atoms with E-state index in [1.54, 1.807) is 0 Å². The van der Waals surface area contributed by atoms with Crippen molar-refractivity contribution in [1.82, 2.24) is 9.80 Å². The lowest BCUT2D eigenvalue weighted by Crippen LogP contribution is -2.32. The number of hydrogen-bond acceptors (Lipinski definition) is 3. The number of hydrogen-bond donors (Lipinski definition) is 1. The molecule has 0 aliphatic rings. The van der Waals surface area contributed by atoms with Gasteiger partial charge in [0.25, 0.3) is 0 Å². The molecule has 1 N–H and O–H groups in total. The smallest absolute Gasteiger partial charge is 0.222 e. The normalized spacial score (nSPS) is 12.0. The molecule has 0 radical (unpaired) electrons. The highest BCUT2D eigenvalue weighted by Gasteiger charge is 2.15. The van der Waals surface area contributed by atoms with Crippen LogP contribution < -0.4 is 0 Å². The van der Waals surface area contributed by atoms with Crippen LogP contribution >= 0.6 is 0 Å². The molecular formula is C56H112N2O3. The Balaban J connectivity index is 4.26. The van der Waals surface area contributed by atoms with E-state index in [0.717, 1.165) is 90.4 Å². The Morgan fingerprint density at radius 3 is 0.770 bits per heavy atom. The molecule has 0 fully saturated rings. The number of aliphatic hydroxyl groups excluding tert-OH is 1. The van der Waals surface area contributed by atoms with Gasteiger partial charge in [-0.3, -0.25) is 9.59 Å². The van der Waals surface area contributed by atoms with Crippen LogP contribution in [-0.2, 0) is 9.59 Å². The molecule has 61 heavy (non-hydrogen) atoms. The number of unbranched alkanes of at least 4 members (excludes halogenated alkanes) is 35. The lowest BCUT2D eigenvalue weighted by atomic mass is 10.0. The van der Waals surface area contributed by atoms with E-state index in [9.17, 15) is 14.7 Å². The first kappa shape index (κ1) is 59.9. The summed E-state index contributed by atoms with van der Waals surface area (Å²) >= 11 is 0. The van der Waals surface area contributed by atoms with Crippen molar-refractivity contribution < 1.29 is 14.7 Å². The van der Waals surface area contributed by atoms with Gasteiger partial charge in [0.1, 0.15) is 0 Å². The van der Waals surface area contributed by atoms with Gasteiger partial charge in [-0.1, -0.05) is 252 Å². The Bertz CT molecular complexity index is 840. The summed E-state index contributed by atoms with van der Waals surface area (Å²) in [5.74, 6) is 0.749. The summed E-state index contributed by atoms with van der Waals surface area (Å²) in [5, 5.41) is 10.7. The molecule has 0 saturated heterocycles. The quantitative estimate of drug-likeness (QED) is 0.0620. The molecule has 0 saturated carbocycles. The monoisotopic (exact) mass is 861 g/mol. The van der Waals surface area contributed by atoms with Crippen LogP contribution in [-0.4, -0.2) is 59.0 Å². The minimum absolute atomic E-state index is 0.230. The maximum atomic E-state index is 13.3. The number of rotatable bonds is 51. The fraction of sp³-hybridized carbons (Fsp3) is 0.964. The van der Waals surface area contributed by atoms with E-state index in [-0.39, 0.29) is 6.10 Å². The first-order valence-electron chi connectivity index (χ1n) is 28.2. The van der Waals surface area contributed by atoms with Gasteiger partial charge in [-0.2, -0.15) is 0 Å². The minimum Gasteiger partial charge on any atom is -0.393 e. The SMILES string of the molecule is CCCCCCCCCCN(CCCCCCCCCC)C(=O)CCCCCCCCCC(O)CCCCC(=O)N(CCCCCCCCCC)CCCCCCCCCC. The number of carbonyl (C=O) groups is 2. The second kappa shape index (κ2) is 49.9. The number of amides is 2. The number of nitrogens with zero attached hydrogens (tertiary/aromatic N) is 2. The summed E-state index contributed by atoms with van der Waals surface area (Å²) < 4.78 is 0. The van der Waals surface area contributed by atoms with Crippen LogP contribution in [0.2, 0.25) is 0 Å². The van der Waals surface area contributed by atoms with Crippen molar-refractivity contribution in [2.75, 3.05) is 26.2 Å². The maximum absolute atomic E-state index is 13.3. The van der Waals surface area contributed by atoms with E-state index in [0.29, 0.717) is 18.2 Å². The van der Waals surface area contributed by atoms with Gasteiger partial charge < -0.3 is 14.9 Å². The van der Waals surface area contributed by atoms with E-state index in [1.807, 2.05) is 0 Å². The molecule has 1 unspecified atom stereocenters. The van der Waals surface area contributed by atoms with Crippen LogP contribution in [0.25, 0.3) is 0 Å². The van der Waals surface area contributed by atoms with Gasteiger partial charge in [-0.05, 0) is 51.4 Å². The van der Waals surface area contributed by atoms with E-state index >= 15 is 0 Å². The molecule has 2 amide bonds. The van der Waals surface area contributed by atoms with Gasteiger partial charge in [0.2, 0.25) is 11.8 Å². The molecule has 0 rings (SSSR count). The third-order valence-corrected chi connectivity index (χ3v) is 13.4. The van der Waals surface area contributed by atoms with Crippen molar-refractivity contribution in [1.29, 1.82) is 0 Å². The summed E-state index contributed by atoms with van der Waals surface area (Å²) in [7, 11) is 0. The fourth-order valence-electron chi connectivity index (χ4n) is 9.13. The van der Waals surface area contributed by atoms with Gasteiger partial charge >= 0.3 is 0 Å². The minimum atomic E-state index is -0.230. The zero-order valence-corrected chi connectivity index (χ0v) is 42.4. The van der Waals surface area contributed by atoms with Crippen LogP contribution in [0.4, 0.5) is 0 Å². The Kier molecular flexibility index (Phi) is 49.0. The third-order valence-electron chi connectivity index (χ3n) is 13.4. The van der Waals surface area contributed by atoms with Gasteiger partial charge in [0.15, 0.2) is 0 Å². The molecule has 5 heteroatoms. The standard InChI is InChI=1S/C56H112N2O3/c1-5-9-13-17-21-28-34-42-50-57(51-43-35-29-22-18-14-10-6-2)55(60)48-39-33-27-25-26-32-38-46-54(59)47-40-41-49-56(61)58(52-44-36-30-23-19-15-11-7-3)53-45-37-31-24-20-16-12-8-4/h54,59H,5-53H2,1-4H3. The average molecular weight is 862 g/mol. The van der Waals surface area contributed by atoms with Gasteiger partial charge in [-0.25, -0.2) is 0 Å². The zero-order valence-electron chi connectivity index (χ0n) is 42.4. The molecule has 0 aliphatic carbocycles. The second-order valence-corrected chi connectivity index (χ2v) is 19.6. The summed E-state index contributed by atoms with van der Waals surface area (Å²) in [4.78, 5) is 31.0. The first-order valence-corrected chi connectivity index (χ1v) is 28.2. The Morgan fingerprint density at radius 1 is 0.295 bits per heavy atom. The van der Waals surface area contributed by atoms with Gasteiger partial charge in [0.05, 0.1) is 6.10 Å². The van der Waals surface area contributed by atoms with Crippen LogP contribution in [0.15, 0.2) is 0 Å². The highest BCUT2D eigenvalue weighted by Crippen LogP contribution is 2.18. The maximum Gasteiger partial charge on any atom is 0.222 e. The molecule has 0 bridgehead atoms. The van der Waals surface area contributed by atoms with Crippen molar-refractivity contribution in [3.05, 3.63) is 0 Å². The summed E-state index contributed by atoms with van der Waals surface area (Å²) in [6, 6.07) is 0. The van der Waals surface area contributed by atoms with Gasteiger partial charge in [-0.15, -0.1) is 0 Å². The Morgan fingerprint density at radius 2 is 0.492 bits per heavy atom. The Hall–Kier alpha value is -1.10. The molecule has 1 atom stereocenters. The molecule has 364 valence electrons. The van der Waals surface area contributed by atoms with Crippen LogP contribution in [0.5, 0.6) is 0 Å². The van der Waals surface area contributed by atoms with Crippen molar-refractivity contribution >= 4 is 11.8 Å². The van der Waals surface area contributed by atoms with E-state index in [1.165, 1.54) is 218 Å². The number of aliphatic hydroxyl groups is 1. The zero-order chi connectivity index (χ0) is 44.5. The van der Waals surface area contributed by atoms with Crippen LogP contribution in [0, 0.1) is 0 Å². The molecule has 0 aliphatic heterocycles. The molecular weight excluding hydrogens is 749 g/mol. The third kappa shape index (κ3) is 43.9. The van der Waals surface area contributed by atoms with Crippen molar-refractivity contribution in [2.45, 2.75) is 323 Å².